The fourth-order valence-electron chi connectivity index (χ4n) is 1.80. The van der Waals surface area contributed by atoms with Crippen LogP contribution in [-0.2, 0) is 4.79 Å². The predicted octanol–water partition coefficient (Wildman–Crippen LogP) is 1.24. The Labute approximate surface area is 97.2 Å². The lowest BCUT2D eigenvalue weighted by molar-refractivity contribution is -0.119. The van der Waals surface area contributed by atoms with Crippen LogP contribution >= 0.6 is 0 Å². The van der Waals surface area contributed by atoms with Crippen molar-refractivity contribution in [2.45, 2.75) is 18.9 Å². The summed E-state index contributed by atoms with van der Waals surface area (Å²) in [4.78, 5) is 11.0. The minimum absolute atomic E-state index is 0.0236. The molecule has 4 N–H and O–H groups in total. The smallest absolute Gasteiger partial charge is 0.220 e. The monoisotopic (exact) mass is 241 g/mol. The molecule has 1 aromatic rings. The zero-order chi connectivity index (χ0) is 12.4. The standard InChI is InChI=1S/C11H13F2N3O/c12-7-2-3-8(14)11(10(7)13)15-5-6-1-4-9(17)16-6/h2-3,6,15H,1,4-5,14H2,(H,16,17). The number of hydrogen-bond donors (Lipinski definition) is 3. The fraction of sp³-hybridized carbons (Fsp3) is 0.364. The molecule has 1 aromatic carbocycles. The van der Waals surface area contributed by atoms with Gasteiger partial charge in [-0.25, -0.2) is 8.78 Å². The third-order valence-corrected chi connectivity index (χ3v) is 2.74. The third-order valence-electron chi connectivity index (χ3n) is 2.74. The summed E-state index contributed by atoms with van der Waals surface area (Å²) in [5.41, 5.74) is 5.64. The number of nitrogens with one attached hydrogen (secondary N) is 2. The molecule has 1 unspecified atom stereocenters. The van der Waals surface area contributed by atoms with Crippen LogP contribution in [0.15, 0.2) is 12.1 Å². The van der Waals surface area contributed by atoms with E-state index in [0.29, 0.717) is 19.4 Å². The summed E-state index contributed by atoms with van der Waals surface area (Å²) in [5, 5.41) is 5.45. The highest BCUT2D eigenvalue weighted by atomic mass is 19.2. The summed E-state index contributed by atoms with van der Waals surface area (Å²) < 4.78 is 26.4. The van der Waals surface area contributed by atoms with Crippen LogP contribution in [0.4, 0.5) is 20.2 Å². The van der Waals surface area contributed by atoms with Gasteiger partial charge in [0, 0.05) is 19.0 Å². The van der Waals surface area contributed by atoms with Crippen molar-refractivity contribution >= 4 is 17.3 Å². The first kappa shape index (κ1) is 11.6. The van der Waals surface area contributed by atoms with Crippen LogP contribution in [0.25, 0.3) is 0 Å². The molecule has 1 atom stereocenters. The van der Waals surface area contributed by atoms with E-state index in [1.807, 2.05) is 0 Å². The highest BCUT2D eigenvalue weighted by molar-refractivity contribution is 5.78. The topological polar surface area (TPSA) is 67.1 Å². The number of anilines is 2. The summed E-state index contributed by atoms with van der Waals surface area (Å²) in [5.74, 6) is -1.96. The molecule has 0 saturated carbocycles. The van der Waals surface area contributed by atoms with Crippen molar-refractivity contribution in [2.24, 2.45) is 0 Å². The fourth-order valence-corrected chi connectivity index (χ4v) is 1.80. The van der Waals surface area contributed by atoms with Crippen molar-refractivity contribution in [1.29, 1.82) is 0 Å². The number of nitrogen functional groups attached to an aromatic ring is 1. The highest BCUT2D eigenvalue weighted by Gasteiger charge is 2.21. The Morgan fingerprint density at radius 3 is 2.88 bits per heavy atom. The van der Waals surface area contributed by atoms with Gasteiger partial charge in [-0.15, -0.1) is 0 Å². The lowest BCUT2D eigenvalue weighted by atomic mass is 10.2. The highest BCUT2D eigenvalue weighted by Crippen LogP contribution is 2.24. The second-order valence-corrected chi connectivity index (χ2v) is 4.01. The zero-order valence-electron chi connectivity index (χ0n) is 9.09. The van der Waals surface area contributed by atoms with E-state index in [9.17, 15) is 13.6 Å². The molecule has 4 nitrogen and oxygen atoms in total. The molecule has 0 aliphatic carbocycles. The quantitative estimate of drug-likeness (QED) is 0.697. The molecule has 0 bridgehead atoms. The first-order chi connectivity index (χ1) is 8.08. The molecule has 1 amide bonds. The second-order valence-electron chi connectivity index (χ2n) is 4.01. The van der Waals surface area contributed by atoms with Crippen LogP contribution in [0.1, 0.15) is 12.8 Å². The molecular formula is C11H13F2N3O. The number of rotatable bonds is 3. The summed E-state index contributed by atoms with van der Waals surface area (Å²) in [6.07, 6.45) is 1.15. The van der Waals surface area contributed by atoms with Gasteiger partial charge in [-0.3, -0.25) is 4.79 Å². The number of amides is 1. The number of halogens is 2. The molecular weight excluding hydrogens is 228 g/mol. The predicted molar refractivity (Wildman–Crippen MR) is 60.4 cm³/mol. The molecule has 1 saturated heterocycles. The van der Waals surface area contributed by atoms with Gasteiger partial charge in [-0.2, -0.15) is 0 Å². The van der Waals surface area contributed by atoms with Gasteiger partial charge in [0.25, 0.3) is 0 Å². The van der Waals surface area contributed by atoms with E-state index in [2.05, 4.69) is 10.6 Å². The zero-order valence-corrected chi connectivity index (χ0v) is 9.09. The van der Waals surface area contributed by atoms with Crippen LogP contribution in [-0.4, -0.2) is 18.5 Å². The minimum atomic E-state index is -0.991. The number of benzene rings is 1. The lowest BCUT2D eigenvalue weighted by Crippen LogP contribution is -2.32. The summed E-state index contributed by atoms with van der Waals surface area (Å²) in [6.45, 7) is 0.330. The van der Waals surface area contributed by atoms with Crippen LogP contribution < -0.4 is 16.4 Å². The van der Waals surface area contributed by atoms with Gasteiger partial charge in [-0.05, 0) is 18.6 Å². The van der Waals surface area contributed by atoms with Crippen molar-refractivity contribution in [3.05, 3.63) is 23.8 Å². The van der Waals surface area contributed by atoms with Gasteiger partial charge in [0.15, 0.2) is 11.6 Å². The Bertz CT molecular complexity index is 451. The molecule has 0 spiro atoms. The Kier molecular flexibility index (Phi) is 3.12. The van der Waals surface area contributed by atoms with Crippen molar-refractivity contribution in [3.63, 3.8) is 0 Å². The van der Waals surface area contributed by atoms with Gasteiger partial charge < -0.3 is 16.4 Å². The summed E-state index contributed by atoms with van der Waals surface area (Å²) >= 11 is 0. The van der Waals surface area contributed by atoms with E-state index >= 15 is 0 Å². The van der Waals surface area contributed by atoms with Crippen LogP contribution in [0.5, 0.6) is 0 Å². The number of nitrogens with two attached hydrogens (primary N) is 1. The van der Waals surface area contributed by atoms with Crippen molar-refractivity contribution < 1.29 is 13.6 Å². The average Bonchev–Trinajstić information content (AvgIpc) is 2.70. The van der Waals surface area contributed by atoms with E-state index in [0.717, 1.165) is 6.07 Å². The number of hydrogen-bond acceptors (Lipinski definition) is 3. The normalized spacial score (nSPS) is 19.2. The van der Waals surface area contributed by atoms with Crippen molar-refractivity contribution in [2.75, 3.05) is 17.6 Å². The molecule has 6 heteroatoms. The molecule has 1 fully saturated rings. The molecule has 0 radical (unpaired) electrons. The first-order valence-corrected chi connectivity index (χ1v) is 5.34. The number of carbonyl (C=O) groups is 1. The van der Waals surface area contributed by atoms with Gasteiger partial charge in [-0.1, -0.05) is 0 Å². The van der Waals surface area contributed by atoms with E-state index in [-0.39, 0.29) is 23.3 Å². The third kappa shape index (κ3) is 2.46. The van der Waals surface area contributed by atoms with E-state index in [4.69, 9.17) is 5.73 Å². The molecule has 17 heavy (non-hydrogen) atoms. The maximum atomic E-state index is 13.4. The largest absolute Gasteiger partial charge is 0.397 e. The Hall–Kier alpha value is -1.85. The SMILES string of the molecule is Nc1ccc(F)c(F)c1NCC1CCC(=O)N1. The average molecular weight is 241 g/mol. The van der Waals surface area contributed by atoms with Gasteiger partial charge in [0.05, 0.1) is 11.4 Å². The minimum Gasteiger partial charge on any atom is -0.397 e. The number of carbonyl (C=O) groups excluding carboxylic acids is 1. The second kappa shape index (κ2) is 4.57. The van der Waals surface area contributed by atoms with E-state index < -0.39 is 11.6 Å². The Balaban J connectivity index is 2.04. The summed E-state index contributed by atoms with van der Waals surface area (Å²) in [7, 11) is 0. The maximum Gasteiger partial charge on any atom is 0.220 e. The lowest BCUT2D eigenvalue weighted by Gasteiger charge is -2.14. The summed E-state index contributed by atoms with van der Waals surface area (Å²) in [6, 6.07) is 2.21. The van der Waals surface area contributed by atoms with E-state index in [1.165, 1.54) is 6.07 Å². The molecule has 2 rings (SSSR count). The van der Waals surface area contributed by atoms with Gasteiger partial charge >= 0.3 is 0 Å². The Morgan fingerprint density at radius 1 is 1.47 bits per heavy atom. The molecule has 1 aliphatic heterocycles. The maximum absolute atomic E-state index is 13.4. The first-order valence-electron chi connectivity index (χ1n) is 5.34. The van der Waals surface area contributed by atoms with Crippen molar-refractivity contribution in [1.82, 2.24) is 5.32 Å². The van der Waals surface area contributed by atoms with Crippen LogP contribution in [0.3, 0.4) is 0 Å². The molecule has 0 aromatic heterocycles. The van der Waals surface area contributed by atoms with E-state index in [1.54, 1.807) is 0 Å². The van der Waals surface area contributed by atoms with Crippen LogP contribution in [0.2, 0.25) is 0 Å². The van der Waals surface area contributed by atoms with Crippen LogP contribution in [0, 0.1) is 11.6 Å². The van der Waals surface area contributed by atoms with Gasteiger partial charge in [0.1, 0.15) is 0 Å². The molecule has 1 heterocycles. The molecule has 1 aliphatic rings. The van der Waals surface area contributed by atoms with Gasteiger partial charge in [0.2, 0.25) is 5.91 Å². The molecule has 92 valence electrons. The van der Waals surface area contributed by atoms with Crippen molar-refractivity contribution in [3.8, 4) is 0 Å². The Morgan fingerprint density at radius 2 is 2.24 bits per heavy atom.